The lowest BCUT2D eigenvalue weighted by molar-refractivity contribution is -0.128. The van der Waals surface area contributed by atoms with Crippen LogP contribution in [0.25, 0.3) is 17.2 Å². The van der Waals surface area contributed by atoms with E-state index in [1.165, 1.54) is 11.6 Å². The fourth-order valence-electron chi connectivity index (χ4n) is 3.09. The summed E-state index contributed by atoms with van der Waals surface area (Å²) in [6.45, 7) is 7.02. The molecule has 0 aliphatic heterocycles. The zero-order valence-electron chi connectivity index (χ0n) is 19.1. The molecule has 0 atom stereocenters. The van der Waals surface area contributed by atoms with Gasteiger partial charge in [0.1, 0.15) is 5.75 Å². The van der Waals surface area contributed by atoms with Gasteiger partial charge in [0, 0.05) is 6.08 Å². The lowest BCUT2D eigenvalue weighted by Crippen LogP contribution is -2.04. The fourth-order valence-corrected chi connectivity index (χ4v) is 3.09. The highest BCUT2D eigenvalue weighted by Crippen LogP contribution is 2.29. The maximum absolute atomic E-state index is 12.2. The van der Waals surface area contributed by atoms with Crippen molar-refractivity contribution >= 4 is 12.0 Å². The van der Waals surface area contributed by atoms with Crippen molar-refractivity contribution in [1.29, 1.82) is 0 Å². The fraction of sp³-hybridized carbons (Fsp3) is 0.250. The summed E-state index contributed by atoms with van der Waals surface area (Å²) in [6.07, 6.45) is 4.08. The van der Waals surface area contributed by atoms with Crippen LogP contribution in [0.2, 0.25) is 0 Å². The number of esters is 1. The maximum Gasteiger partial charge on any atom is 0.336 e. The van der Waals surface area contributed by atoms with Crippen LogP contribution >= 0.6 is 0 Å². The van der Waals surface area contributed by atoms with Crippen molar-refractivity contribution in [2.75, 3.05) is 13.7 Å². The van der Waals surface area contributed by atoms with E-state index in [0.29, 0.717) is 29.8 Å². The molecule has 0 spiro atoms. The smallest absolute Gasteiger partial charge is 0.336 e. The third-order valence-corrected chi connectivity index (χ3v) is 5.01. The molecule has 0 aliphatic rings. The third-order valence-electron chi connectivity index (χ3n) is 5.01. The Morgan fingerprint density at radius 3 is 2.19 bits per heavy atom. The minimum Gasteiger partial charge on any atom is -0.493 e. The lowest BCUT2D eigenvalue weighted by Gasteiger charge is -2.12. The van der Waals surface area contributed by atoms with Crippen molar-refractivity contribution in [3.05, 3.63) is 83.9 Å². The van der Waals surface area contributed by atoms with Crippen molar-refractivity contribution in [2.45, 2.75) is 27.2 Å². The maximum atomic E-state index is 12.2. The predicted molar refractivity (Wildman–Crippen MR) is 129 cm³/mol. The van der Waals surface area contributed by atoms with Gasteiger partial charge in [0.2, 0.25) is 0 Å². The SMILES string of the molecule is COc1cc(/C=C/C(=O)Oc2ccc(-c3ccc(C)cc3)cc2)ccc1OCCC(C)C. The van der Waals surface area contributed by atoms with Crippen molar-refractivity contribution in [3.8, 4) is 28.4 Å². The Morgan fingerprint density at radius 2 is 1.56 bits per heavy atom. The summed E-state index contributed by atoms with van der Waals surface area (Å²) in [7, 11) is 1.60. The summed E-state index contributed by atoms with van der Waals surface area (Å²) < 4.78 is 16.7. The Balaban J connectivity index is 1.59. The van der Waals surface area contributed by atoms with Crippen LogP contribution < -0.4 is 14.2 Å². The van der Waals surface area contributed by atoms with Gasteiger partial charge in [-0.2, -0.15) is 0 Å². The average molecular weight is 431 g/mol. The van der Waals surface area contributed by atoms with Gasteiger partial charge < -0.3 is 14.2 Å². The number of hydrogen-bond donors (Lipinski definition) is 0. The summed E-state index contributed by atoms with van der Waals surface area (Å²) >= 11 is 0. The molecule has 3 aromatic rings. The third kappa shape index (κ3) is 6.74. The number of aryl methyl sites for hydroxylation is 1. The molecule has 3 aromatic carbocycles. The van der Waals surface area contributed by atoms with Gasteiger partial charge in [-0.05, 0) is 66.3 Å². The van der Waals surface area contributed by atoms with Crippen molar-refractivity contribution in [1.82, 2.24) is 0 Å². The number of benzene rings is 3. The zero-order valence-corrected chi connectivity index (χ0v) is 19.1. The summed E-state index contributed by atoms with van der Waals surface area (Å²) in [5, 5.41) is 0. The molecule has 0 fully saturated rings. The van der Waals surface area contributed by atoms with Crippen LogP contribution in [0, 0.1) is 12.8 Å². The molecule has 0 radical (unpaired) electrons. The van der Waals surface area contributed by atoms with Crippen LogP contribution in [0.1, 0.15) is 31.4 Å². The molecule has 166 valence electrons. The van der Waals surface area contributed by atoms with Crippen LogP contribution in [0.15, 0.2) is 72.8 Å². The quantitative estimate of drug-likeness (QED) is 0.215. The van der Waals surface area contributed by atoms with E-state index in [1.54, 1.807) is 25.3 Å². The molecule has 0 bridgehead atoms. The van der Waals surface area contributed by atoms with Gasteiger partial charge in [-0.15, -0.1) is 0 Å². The molecule has 32 heavy (non-hydrogen) atoms. The van der Waals surface area contributed by atoms with E-state index in [9.17, 15) is 4.79 Å². The number of carbonyl (C=O) groups is 1. The molecule has 0 N–H and O–H groups in total. The van der Waals surface area contributed by atoms with E-state index in [-0.39, 0.29) is 0 Å². The van der Waals surface area contributed by atoms with Gasteiger partial charge in [0.15, 0.2) is 11.5 Å². The Hall–Kier alpha value is -3.53. The van der Waals surface area contributed by atoms with E-state index >= 15 is 0 Å². The summed E-state index contributed by atoms with van der Waals surface area (Å²) in [4.78, 5) is 12.2. The Kier molecular flexibility index (Phi) is 8.09. The van der Waals surface area contributed by atoms with Crippen LogP contribution in [0.3, 0.4) is 0 Å². The lowest BCUT2D eigenvalue weighted by atomic mass is 10.0. The first-order valence-electron chi connectivity index (χ1n) is 10.8. The summed E-state index contributed by atoms with van der Waals surface area (Å²) in [5.41, 5.74) is 4.24. The molecule has 0 saturated carbocycles. The van der Waals surface area contributed by atoms with Gasteiger partial charge in [-0.3, -0.25) is 0 Å². The number of rotatable bonds is 9. The first-order valence-corrected chi connectivity index (χ1v) is 10.8. The monoisotopic (exact) mass is 430 g/mol. The van der Waals surface area contributed by atoms with E-state index < -0.39 is 5.97 Å². The minimum atomic E-state index is -0.440. The van der Waals surface area contributed by atoms with Crippen molar-refractivity contribution in [3.63, 3.8) is 0 Å². The predicted octanol–water partition coefficient (Wildman–Crippen LogP) is 6.71. The molecule has 0 aromatic heterocycles. The van der Waals surface area contributed by atoms with Crippen LogP contribution in [0.5, 0.6) is 17.2 Å². The molecule has 0 aliphatic carbocycles. The largest absolute Gasteiger partial charge is 0.493 e. The molecule has 3 rings (SSSR count). The average Bonchev–Trinajstić information content (AvgIpc) is 2.79. The van der Waals surface area contributed by atoms with Crippen LogP contribution in [-0.4, -0.2) is 19.7 Å². The Morgan fingerprint density at radius 1 is 0.906 bits per heavy atom. The molecule has 4 heteroatoms. The van der Waals surface area contributed by atoms with E-state index in [4.69, 9.17) is 14.2 Å². The summed E-state index contributed by atoms with van der Waals surface area (Å²) in [6, 6.07) is 21.4. The van der Waals surface area contributed by atoms with Crippen LogP contribution in [0.4, 0.5) is 0 Å². The van der Waals surface area contributed by atoms with E-state index in [1.807, 2.05) is 30.3 Å². The van der Waals surface area contributed by atoms with E-state index in [2.05, 4.69) is 45.0 Å². The zero-order chi connectivity index (χ0) is 22.9. The standard InChI is InChI=1S/C28H30O4/c1-20(2)17-18-31-26-15-7-22(19-27(26)30-4)8-16-28(29)32-25-13-11-24(12-14-25)23-9-5-21(3)6-10-23/h5-16,19-20H,17-18H2,1-4H3/b16-8+. The molecule has 0 unspecified atom stereocenters. The summed E-state index contributed by atoms with van der Waals surface area (Å²) in [5.74, 6) is 1.97. The molecule has 0 saturated heterocycles. The van der Waals surface area contributed by atoms with Gasteiger partial charge in [0.05, 0.1) is 13.7 Å². The Labute approximate surface area is 190 Å². The second-order valence-electron chi connectivity index (χ2n) is 8.09. The Bertz CT molecular complexity index is 1050. The normalized spacial score (nSPS) is 11.0. The number of methoxy groups -OCH3 is 1. The molecular weight excluding hydrogens is 400 g/mol. The number of hydrogen-bond acceptors (Lipinski definition) is 4. The number of carbonyl (C=O) groups excluding carboxylic acids is 1. The van der Waals surface area contributed by atoms with Gasteiger partial charge in [0.25, 0.3) is 0 Å². The molecular formula is C28H30O4. The highest BCUT2D eigenvalue weighted by Gasteiger charge is 2.07. The van der Waals surface area contributed by atoms with Crippen LogP contribution in [-0.2, 0) is 4.79 Å². The second-order valence-corrected chi connectivity index (χ2v) is 8.09. The molecule has 4 nitrogen and oxygen atoms in total. The number of ether oxygens (including phenoxy) is 3. The van der Waals surface area contributed by atoms with Gasteiger partial charge >= 0.3 is 5.97 Å². The topological polar surface area (TPSA) is 44.8 Å². The van der Waals surface area contributed by atoms with Crippen molar-refractivity contribution in [2.24, 2.45) is 5.92 Å². The van der Waals surface area contributed by atoms with Crippen molar-refractivity contribution < 1.29 is 19.0 Å². The van der Waals surface area contributed by atoms with Gasteiger partial charge in [-0.25, -0.2) is 4.79 Å². The van der Waals surface area contributed by atoms with E-state index in [0.717, 1.165) is 23.1 Å². The first-order chi connectivity index (χ1) is 15.4. The highest BCUT2D eigenvalue weighted by atomic mass is 16.5. The highest BCUT2D eigenvalue weighted by molar-refractivity contribution is 5.89. The molecule has 0 heterocycles. The van der Waals surface area contributed by atoms with Gasteiger partial charge in [-0.1, -0.05) is 61.9 Å². The first kappa shape index (κ1) is 23.1. The second kappa shape index (κ2) is 11.2. The molecule has 0 amide bonds. The minimum absolute atomic E-state index is 0.440.